The fourth-order valence-electron chi connectivity index (χ4n) is 0.883. The molecule has 0 aliphatic carbocycles. The molecule has 1 fully saturated rings. The van der Waals surface area contributed by atoms with E-state index in [1.807, 2.05) is 0 Å². The van der Waals surface area contributed by atoms with E-state index in [-0.39, 0.29) is 6.29 Å². The van der Waals surface area contributed by atoms with Gasteiger partial charge in [0.25, 0.3) is 0 Å². The van der Waals surface area contributed by atoms with Gasteiger partial charge in [0.05, 0.1) is 6.61 Å². The summed E-state index contributed by atoms with van der Waals surface area (Å²) in [4.78, 5) is 0. The van der Waals surface area contributed by atoms with Crippen molar-refractivity contribution in [1.29, 1.82) is 0 Å². The van der Waals surface area contributed by atoms with Gasteiger partial charge in [-0.05, 0) is 6.42 Å². The monoisotopic (exact) mass is 128 g/mol. The van der Waals surface area contributed by atoms with Gasteiger partial charge in [0.2, 0.25) is 0 Å². The van der Waals surface area contributed by atoms with Gasteiger partial charge < -0.3 is 9.47 Å². The summed E-state index contributed by atoms with van der Waals surface area (Å²) in [6.45, 7) is 4.61. The summed E-state index contributed by atoms with van der Waals surface area (Å²) in [7, 11) is 1.66. The van der Waals surface area contributed by atoms with E-state index in [1.165, 1.54) is 5.57 Å². The fourth-order valence-corrected chi connectivity index (χ4v) is 0.883. The first kappa shape index (κ1) is 6.78. The molecule has 0 radical (unpaired) electrons. The Morgan fingerprint density at radius 2 is 2.56 bits per heavy atom. The van der Waals surface area contributed by atoms with Crippen molar-refractivity contribution in [2.45, 2.75) is 19.1 Å². The van der Waals surface area contributed by atoms with Crippen LogP contribution in [0.4, 0.5) is 0 Å². The smallest absolute Gasteiger partial charge is 0.160 e. The van der Waals surface area contributed by atoms with Crippen molar-refractivity contribution < 1.29 is 9.47 Å². The maximum atomic E-state index is 5.21. The zero-order valence-corrected chi connectivity index (χ0v) is 5.72. The van der Waals surface area contributed by atoms with Crippen LogP contribution >= 0.6 is 0 Å². The third kappa shape index (κ3) is 1.80. The lowest BCUT2D eigenvalue weighted by molar-refractivity contribution is -0.133. The van der Waals surface area contributed by atoms with Gasteiger partial charge in [0, 0.05) is 13.5 Å². The molecule has 2 nitrogen and oxygen atoms in total. The Bertz CT molecular complexity index is 109. The van der Waals surface area contributed by atoms with Gasteiger partial charge in [-0.15, -0.1) is 0 Å². The van der Waals surface area contributed by atoms with Crippen molar-refractivity contribution in [3.05, 3.63) is 12.2 Å². The topological polar surface area (TPSA) is 18.5 Å². The summed E-state index contributed by atoms with van der Waals surface area (Å²) in [5, 5.41) is 0. The molecule has 0 spiro atoms. The Labute approximate surface area is 55.5 Å². The summed E-state index contributed by atoms with van der Waals surface area (Å²) in [5.41, 5.74) is 1.23. The van der Waals surface area contributed by atoms with Crippen molar-refractivity contribution in [1.82, 2.24) is 0 Å². The highest BCUT2D eigenvalue weighted by atomic mass is 16.7. The molecule has 0 aromatic carbocycles. The first-order chi connectivity index (χ1) is 4.33. The van der Waals surface area contributed by atoms with Crippen molar-refractivity contribution >= 4 is 0 Å². The van der Waals surface area contributed by atoms with Gasteiger partial charge >= 0.3 is 0 Å². The summed E-state index contributed by atoms with van der Waals surface area (Å²) >= 11 is 0. The van der Waals surface area contributed by atoms with Crippen LogP contribution in [0.15, 0.2) is 12.2 Å². The maximum Gasteiger partial charge on any atom is 0.160 e. The lowest BCUT2D eigenvalue weighted by atomic mass is 10.1. The largest absolute Gasteiger partial charge is 0.356 e. The van der Waals surface area contributed by atoms with E-state index >= 15 is 0 Å². The van der Waals surface area contributed by atoms with Gasteiger partial charge in [0.1, 0.15) is 0 Å². The number of methoxy groups -OCH3 is 1. The van der Waals surface area contributed by atoms with Crippen LogP contribution in [0.2, 0.25) is 0 Å². The predicted molar refractivity (Wildman–Crippen MR) is 35.1 cm³/mol. The summed E-state index contributed by atoms with van der Waals surface area (Å²) in [6, 6.07) is 0. The van der Waals surface area contributed by atoms with Gasteiger partial charge in [-0.2, -0.15) is 0 Å². The lowest BCUT2D eigenvalue weighted by Crippen LogP contribution is -2.21. The van der Waals surface area contributed by atoms with Crippen LogP contribution in [0, 0.1) is 0 Å². The van der Waals surface area contributed by atoms with Gasteiger partial charge in [0.15, 0.2) is 6.29 Å². The third-order valence-corrected chi connectivity index (χ3v) is 1.48. The second-order valence-electron chi connectivity index (χ2n) is 2.24. The maximum absolute atomic E-state index is 5.21. The number of hydrogen-bond acceptors (Lipinski definition) is 2. The number of ether oxygens (including phenoxy) is 2. The van der Waals surface area contributed by atoms with Crippen molar-refractivity contribution in [2.24, 2.45) is 0 Å². The molecule has 0 unspecified atom stereocenters. The van der Waals surface area contributed by atoms with E-state index in [2.05, 4.69) is 6.58 Å². The van der Waals surface area contributed by atoms with E-state index in [9.17, 15) is 0 Å². The highest BCUT2D eigenvalue weighted by Gasteiger charge is 2.14. The summed E-state index contributed by atoms with van der Waals surface area (Å²) in [6.07, 6.45) is 1.81. The van der Waals surface area contributed by atoms with Crippen LogP contribution in [0.1, 0.15) is 12.8 Å². The Balaban J connectivity index is 2.32. The Morgan fingerprint density at radius 1 is 1.78 bits per heavy atom. The van der Waals surface area contributed by atoms with E-state index in [4.69, 9.17) is 9.47 Å². The van der Waals surface area contributed by atoms with E-state index in [1.54, 1.807) is 7.11 Å². The quantitative estimate of drug-likeness (QED) is 0.496. The van der Waals surface area contributed by atoms with E-state index in [0.29, 0.717) is 0 Å². The molecule has 0 aromatic rings. The van der Waals surface area contributed by atoms with Crippen molar-refractivity contribution in [3.63, 3.8) is 0 Å². The lowest BCUT2D eigenvalue weighted by Gasteiger charge is -2.22. The molecule has 1 saturated heterocycles. The van der Waals surface area contributed by atoms with E-state index in [0.717, 1.165) is 19.4 Å². The molecule has 52 valence electrons. The molecule has 0 amide bonds. The summed E-state index contributed by atoms with van der Waals surface area (Å²) < 4.78 is 10.2. The second-order valence-corrected chi connectivity index (χ2v) is 2.24. The minimum Gasteiger partial charge on any atom is -0.356 e. The molecule has 1 rings (SSSR count). The zero-order chi connectivity index (χ0) is 6.69. The van der Waals surface area contributed by atoms with Crippen LogP contribution in [-0.4, -0.2) is 20.0 Å². The Kier molecular flexibility index (Phi) is 2.25. The molecule has 1 aliphatic rings. The predicted octanol–water partition coefficient (Wildman–Crippen LogP) is 1.33. The molecule has 0 bridgehead atoms. The highest BCUT2D eigenvalue weighted by molar-refractivity contribution is 4.96. The van der Waals surface area contributed by atoms with Crippen LogP contribution < -0.4 is 0 Å². The molecular weight excluding hydrogens is 116 g/mol. The molecule has 1 heterocycles. The molecule has 2 heteroatoms. The van der Waals surface area contributed by atoms with Crippen LogP contribution in [0.5, 0.6) is 0 Å². The summed E-state index contributed by atoms with van der Waals surface area (Å²) in [5.74, 6) is 0. The third-order valence-electron chi connectivity index (χ3n) is 1.48. The van der Waals surface area contributed by atoms with Crippen LogP contribution in [0.3, 0.4) is 0 Å². The standard InChI is InChI=1S/C7H12O2/c1-6-3-4-9-7(5-6)8-2/h7H,1,3-5H2,2H3/t7-/m0/s1. The van der Waals surface area contributed by atoms with Crippen molar-refractivity contribution in [2.75, 3.05) is 13.7 Å². The van der Waals surface area contributed by atoms with Crippen LogP contribution in [-0.2, 0) is 9.47 Å². The number of hydrogen-bond donors (Lipinski definition) is 0. The average Bonchev–Trinajstić information content (AvgIpc) is 1.88. The van der Waals surface area contributed by atoms with Gasteiger partial charge in [-0.3, -0.25) is 0 Å². The molecule has 0 saturated carbocycles. The average molecular weight is 128 g/mol. The van der Waals surface area contributed by atoms with Crippen LogP contribution in [0.25, 0.3) is 0 Å². The fraction of sp³-hybridized carbons (Fsp3) is 0.714. The number of rotatable bonds is 1. The Morgan fingerprint density at radius 3 is 3.00 bits per heavy atom. The molecule has 1 aliphatic heterocycles. The molecule has 1 atom stereocenters. The normalized spacial score (nSPS) is 28.6. The van der Waals surface area contributed by atoms with Gasteiger partial charge in [-0.25, -0.2) is 0 Å². The zero-order valence-electron chi connectivity index (χ0n) is 5.72. The molecule has 0 aromatic heterocycles. The van der Waals surface area contributed by atoms with Crippen molar-refractivity contribution in [3.8, 4) is 0 Å². The minimum atomic E-state index is -0.0359. The first-order valence-corrected chi connectivity index (χ1v) is 3.14. The SMILES string of the molecule is C=C1CCO[C@H](OC)C1. The van der Waals surface area contributed by atoms with Gasteiger partial charge in [-0.1, -0.05) is 12.2 Å². The molecule has 9 heavy (non-hydrogen) atoms. The molecule has 0 N–H and O–H groups in total. The highest BCUT2D eigenvalue weighted by Crippen LogP contribution is 2.16. The first-order valence-electron chi connectivity index (χ1n) is 3.14. The van der Waals surface area contributed by atoms with E-state index < -0.39 is 0 Å². The Hall–Kier alpha value is -0.340. The molecular formula is C7H12O2. The second kappa shape index (κ2) is 2.99. The minimum absolute atomic E-state index is 0.0359.